The van der Waals surface area contributed by atoms with Crippen LogP contribution in [0.4, 0.5) is 5.69 Å². The predicted octanol–water partition coefficient (Wildman–Crippen LogP) is 3.90. The molecule has 0 unspecified atom stereocenters. The summed E-state index contributed by atoms with van der Waals surface area (Å²) in [5.74, 6) is -0.967. The van der Waals surface area contributed by atoms with Crippen molar-refractivity contribution in [1.82, 2.24) is 10.5 Å². The largest absolute Gasteiger partial charge is 0.508 e. The molecule has 0 atom stereocenters. The van der Waals surface area contributed by atoms with E-state index in [9.17, 15) is 19.8 Å². The fourth-order valence-corrected chi connectivity index (χ4v) is 3.63. The van der Waals surface area contributed by atoms with E-state index in [-0.39, 0.29) is 57.2 Å². The maximum absolute atomic E-state index is 13.3. The van der Waals surface area contributed by atoms with E-state index >= 15 is 0 Å². The second-order valence-electron chi connectivity index (χ2n) is 8.05. The molecule has 11 nitrogen and oxygen atoms in total. The van der Waals surface area contributed by atoms with Crippen LogP contribution in [0.1, 0.15) is 53.1 Å². The Balaban J connectivity index is 2.15. The fraction of sp³-hybridized carbons (Fsp3) is 0.320. The van der Waals surface area contributed by atoms with Crippen molar-refractivity contribution in [2.45, 2.75) is 26.7 Å². The number of benzene rings is 2. The van der Waals surface area contributed by atoms with Crippen LogP contribution in [0.2, 0.25) is 0 Å². The highest BCUT2D eigenvalue weighted by molar-refractivity contribution is 6.11. The van der Waals surface area contributed by atoms with Gasteiger partial charge in [-0.3, -0.25) is 9.59 Å². The number of nitrogens with one attached hydrogen (secondary N) is 2. The minimum absolute atomic E-state index is 0.0588. The van der Waals surface area contributed by atoms with Crippen LogP contribution in [-0.4, -0.2) is 55.1 Å². The summed E-state index contributed by atoms with van der Waals surface area (Å²) >= 11 is 0. The molecule has 192 valence electrons. The van der Waals surface area contributed by atoms with E-state index in [1.165, 1.54) is 45.6 Å². The normalized spacial score (nSPS) is 10.8. The van der Waals surface area contributed by atoms with Gasteiger partial charge in [0.15, 0.2) is 23.0 Å². The molecule has 0 saturated carbocycles. The summed E-state index contributed by atoms with van der Waals surface area (Å²) in [4.78, 5) is 26.0. The highest BCUT2D eigenvalue weighted by Crippen LogP contribution is 2.42. The van der Waals surface area contributed by atoms with E-state index < -0.39 is 11.8 Å². The van der Waals surface area contributed by atoms with Crippen LogP contribution in [-0.2, 0) is 0 Å². The van der Waals surface area contributed by atoms with Gasteiger partial charge in [-0.05, 0) is 36.6 Å². The number of hydrogen-bond acceptors (Lipinski definition) is 9. The number of ether oxygens (including phenoxy) is 3. The summed E-state index contributed by atoms with van der Waals surface area (Å²) in [6.07, 6.45) is 0. The Morgan fingerprint density at radius 1 is 0.972 bits per heavy atom. The zero-order valence-corrected chi connectivity index (χ0v) is 20.9. The molecule has 2 amide bonds. The summed E-state index contributed by atoms with van der Waals surface area (Å²) in [5, 5.41) is 29.9. The van der Waals surface area contributed by atoms with Gasteiger partial charge in [0.05, 0.1) is 26.9 Å². The van der Waals surface area contributed by atoms with Crippen LogP contribution < -0.4 is 24.8 Å². The first-order valence-corrected chi connectivity index (χ1v) is 11.1. The van der Waals surface area contributed by atoms with Gasteiger partial charge in [0.1, 0.15) is 17.2 Å². The third-order valence-electron chi connectivity index (χ3n) is 5.42. The Morgan fingerprint density at radius 3 is 2.14 bits per heavy atom. The topological polar surface area (TPSA) is 152 Å². The van der Waals surface area contributed by atoms with E-state index in [0.717, 1.165) is 0 Å². The Hall–Kier alpha value is -4.41. The van der Waals surface area contributed by atoms with Crippen LogP contribution in [0.15, 0.2) is 28.8 Å². The Kier molecular flexibility index (Phi) is 7.93. The lowest BCUT2D eigenvalue weighted by molar-refractivity contribution is 0.0947. The molecule has 2 aromatic carbocycles. The predicted molar refractivity (Wildman–Crippen MR) is 131 cm³/mol. The number of rotatable bonds is 9. The first kappa shape index (κ1) is 26.2. The molecule has 0 aliphatic rings. The maximum atomic E-state index is 13.3. The first-order chi connectivity index (χ1) is 17.2. The van der Waals surface area contributed by atoms with Crippen molar-refractivity contribution in [2.24, 2.45) is 0 Å². The zero-order chi connectivity index (χ0) is 26.6. The van der Waals surface area contributed by atoms with Gasteiger partial charge in [0.25, 0.3) is 11.8 Å². The van der Waals surface area contributed by atoms with Crippen LogP contribution in [0, 0.1) is 0 Å². The molecule has 36 heavy (non-hydrogen) atoms. The molecule has 0 saturated heterocycles. The number of carbonyl (C=O) groups excluding carboxylic acids is 2. The van der Waals surface area contributed by atoms with Crippen molar-refractivity contribution >= 4 is 17.5 Å². The summed E-state index contributed by atoms with van der Waals surface area (Å²) in [6.45, 7) is 5.77. The smallest absolute Gasteiger partial charge is 0.275 e. The van der Waals surface area contributed by atoms with Crippen molar-refractivity contribution in [2.75, 3.05) is 33.2 Å². The molecule has 0 aliphatic carbocycles. The number of amides is 2. The molecule has 0 spiro atoms. The average molecular weight is 500 g/mol. The minimum Gasteiger partial charge on any atom is -0.508 e. The van der Waals surface area contributed by atoms with Crippen molar-refractivity contribution in [3.8, 4) is 40.1 Å². The minimum atomic E-state index is -0.633. The van der Waals surface area contributed by atoms with Crippen LogP contribution in [0.5, 0.6) is 28.7 Å². The molecule has 3 aromatic rings. The van der Waals surface area contributed by atoms with Crippen LogP contribution >= 0.6 is 0 Å². The number of aromatic nitrogens is 1. The third-order valence-corrected chi connectivity index (χ3v) is 5.42. The third kappa shape index (κ3) is 4.99. The van der Waals surface area contributed by atoms with Gasteiger partial charge in [-0.2, -0.15) is 0 Å². The average Bonchev–Trinajstić information content (AvgIpc) is 3.26. The van der Waals surface area contributed by atoms with Gasteiger partial charge in [-0.1, -0.05) is 19.0 Å². The molecule has 0 fully saturated rings. The number of nitrogens with zero attached hydrogens (tertiary/aromatic N) is 1. The standard InChI is InChI=1S/C25H29N3O8/c1-7-26-25(32)21-20(22(36-28-21)15-10-14(12(2)3)16(29)11-17(15)30)27-24(31)13-8-18(33-4)23(35-6)19(9-13)34-5/h8-12,29-30H,7H2,1-6H3,(H,26,32)(H,27,31). The van der Waals surface area contributed by atoms with Gasteiger partial charge in [-0.15, -0.1) is 0 Å². The second kappa shape index (κ2) is 10.9. The van der Waals surface area contributed by atoms with Gasteiger partial charge in [-0.25, -0.2) is 0 Å². The SMILES string of the molecule is CCNC(=O)c1noc(-c2cc(C(C)C)c(O)cc2O)c1NC(=O)c1cc(OC)c(OC)c(OC)c1. The molecule has 4 N–H and O–H groups in total. The van der Waals surface area contributed by atoms with Crippen molar-refractivity contribution in [1.29, 1.82) is 0 Å². The maximum Gasteiger partial charge on any atom is 0.275 e. The molecule has 0 aliphatic heterocycles. The second-order valence-corrected chi connectivity index (χ2v) is 8.05. The van der Waals surface area contributed by atoms with E-state index in [0.29, 0.717) is 17.9 Å². The summed E-state index contributed by atoms with van der Waals surface area (Å²) in [6, 6.07) is 5.59. The first-order valence-electron chi connectivity index (χ1n) is 11.1. The van der Waals surface area contributed by atoms with Crippen molar-refractivity contribution in [3.05, 3.63) is 41.1 Å². The van der Waals surface area contributed by atoms with Crippen molar-refractivity contribution in [3.63, 3.8) is 0 Å². The quantitative estimate of drug-likeness (QED) is 0.343. The summed E-state index contributed by atoms with van der Waals surface area (Å²) in [5.41, 5.74) is 0.554. The Bertz CT molecular complexity index is 1260. The number of methoxy groups -OCH3 is 3. The molecule has 0 radical (unpaired) electrons. The van der Waals surface area contributed by atoms with Crippen LogP contribution in [0.3, 0.4) is 0 Å². The van der Waals surface area contributed by atoms with E-state index in [4.69, 9.17) is 18.7 Å². The van der Waals surface area contributed by atoms with Crippen molar-refractivity contribution < 1.29 is 38.5 Å². The van der Waals surface area contributed by atoms with Gasteiger partial charge < -0.3 is 39.6 Å². The molecular formula is C25H29N3O8. The van der Waals surface area contributed by atoms with E-state index in [1.807, 2.05) is 13.8 Å². The number of anilines is 1. The lowest BCUT2D eigenvalue weighted by Gasteiger charge is -2.15. The number of phenolic OH excluding ortho intramolecular Hbond substituents is 2. The molecular weight excluding hydrogens is 470 g/mol. The lowest BCUT2D eigenvalue weighted by atomic mass is 9.97. The van der Waals surface area contributed by atoms with Crippen LogP contribution in [0.25, 0.3) is 11.3 Å². The molecule has 3 rings (SSSR count). The Labute approximate surface area is 208 Å². The Morgan fingerprint density at radius 2 is 1.61 bits per heavy atom. The van der Waals surface area contributed by atoms with E-state index in [1.54, 1.807) is 6.92 Å². The molecule has 1 heterocycles. The molecule has 11 heteroatoms. The molecule has 0 bridgehead atoms. The number of carbonyl (C=O) groups is 2. The highest BCUT2D eigenvalue weighted by atomic mass is 16.5. The van der Waals surface area contributed by atoms with E-state index in [2.05, 4.69) is 15.8 Å². The van der Waals surface area contributed by atoms with Gasteiger partial charge in [0.2, 0.25) is 5.75 Å². The zero-order valence-electron chi connectivity index (χ0n) is 20.9. The van der Waals surface area contributed by atoms with Gasteiger partial charge >= 0.3 is 0 Å². The number of aromatic hydroxyl groups is 2. The number of hydrogen-bond donors (Lipinski definition) is 4. The summed E-state index contributed by atoms with van der Waals surface area (Å²) < 4.78 is 21.4. The monoisotopic (exact) mass is 499 g/mol. The summed E-state index contributed by atoms with van der Waals surface area (Å²) in [7, 11) is 4.28. The number of phenols is 2. The molecule has 1 aromatic heterocycles. The highest BCUT2D eigenvalue weighted by Gasteiger charge is 2.28. The fourth-order valence-electron chi connectivity index (χ4n) is 3.63. The van der Waals surface area contributed by atoms with Gasteiger partial charge in [0, 0.05) is 18.2 Å². The lowest BCUT2D eigenvalue weighted by Crippen LogP contribution is -2.25.